The second kappa shape index (κ2) is 6.85. The Kier molecular flexibility index (Phi) is 4.38. The average Bonchev–Trinajstić information content (AvgIpc) is 3.18. The van der Waals surface area contributed by atoms with Crippen molar-refractivity contribution in [3.8, 4) is 11.5 Å². The summed E-state index contributed by atoms with van der Waals surface area (Å²) in [5.41, 5.74) is 3.01. The number of carbonyl (C=O) groups excluding carboxylic acids is 2. The Labute approximate surface area is 160 Å². The molecule has 0 saturated carbocycles. The predicted molar refractivity (Wildman–Crippen MR) is 105 cm³/mol. The quantitative estimate of drug-likeness (QED) is 0.358. The Morgan fingerprint density at radius 1 is 1.11 bits per heavy atom. The number of Topliss-reactive ketones (excluding diaryl/α,β-unsaturated/α-hetero) is 1. The number of rotatable bonds is 3. The van der Waals surface area contributed by atoms with E-state index >= 15 is 0 Å². The number of hydrogen-bond acceptors (Lipinski definition) is 5. The number of hydrogen-bond donors (Lipinski definition) is 0. The zero-order valence-corrected chi connectivity index (χ0v) is 15.6. The van der Waals surface area contributed by atoms with E-state index in [0.29, 0.717) is 22.6 Å². The number of thiophene rings is 1. The largest absolute Gasteiger partial charge is 0.452 e. The van der Waals surface area contributed by atoms with Crippen molar-refractivity contribution in [2.24, 2.45) is 0 Å². The summed E-state index contributed by atoms with van der Waals surface area (Å²) in [6.07, 6.45) is 1.75. The van der Waals surface area contributed by atoms with Gasteiger partial charge in [0.05, 0.1) is 11.1 Å². The van der Waals surface area contributed by atoms with Crippen LogP contribution in [0.5, 0.6) is 11.5 Å². The molecule has 134 valence electrons. The summed E-state index contributed by atoms with van der Waals surface area (Å²) >= 11 is 1.55. The number of allylic oxidation sites excluding steroid dienone is 1. The molecule has 0 unspecified atom stereocenters. The molecule has 3 aromatic rings. The van der Waals surface area contributed by atoms with Crippen molar-refractivity contribution in [1.29, 1.82) is 0 Å². The number of carbonyl (C=O) groups is 2. The maximum absolute atomic E-state index is 12.5. The van der Waals surface area contributed by atoms with E-state index in [9.17, 15) is 9.59 Å². The molecule has 2 aromatic carbocycles. The Hall–Kier alpha value is -3.18. The minimum absolute atomic E-state index is 0.172. The Morgan fingerprint density at radius 2 is 1.96 bits per heavy atom. The van der Waals surface area contributed by atoms with E-state index in [1.165, 1.54) is 0 Å². The molecule has 0 bridgehead atoms. The van der Waals surface area contributed by atoms with Gasteiger partial charge in [-0.1, -0.05) is 17.7 Å². The highest BCUT2D eigenvalue weighted by molar-refractivity contribution is 7.11. The summed E-state index contributed by atoms with van der Waals surface area (Å²) < 4.78 is 11.2. The molecular formula is C22H16O4S. The number of esters is 1. The lowest BCUT2D eigenvalue weighted by Gasteiger charge is -2.06. The molecule has 2 heterocycles. The highest BCUT2D eigenvalue weighted by atomic mass is 32.1. The van der Waals surface area contributed by atoms with Crippen LogP contribution >= 0.6 is 11.3 Å². The first kappa shape index (κ1) is 17.2. The number of ketones is 1. The van der Waals surface area contributed by atoms with Crippen LogP contribution in [0.1, 0.15) is 36.7 Å². The Balaban J connectivity index is 1.57. The third-order valence-electron chi connectivity index (χ3n) is 4.27. The summed E-state index contributed by atoms with van der Waals surface area (Å²) in [6.45, 7) is 3.90. The van der Waals surface area contributed by atoms with Crippen LogP contribution in [0.25, 0.3) is 6.08 Å². The molecule has 0 N–H and O–H groups in total. The number of fused-ring (bicyclic) bond motifs is 1. The van der Waals surface area contributed by atoms with Gasteiger partial charge in [-0.3, -0.25) is 4.79 Å². The normalized spacial score (nSPS) is 14.1. The minimum Gasteiger partial charge on any atom is -0.452 e. The third kappa shape index (κ3) is 3.41. The van der Waals surface area contributed by atoms with Crippen molar-refractivity contribution in [3.63, 3.8) is 0 Å². The van der Waals surface area contributed by atoms with Gasteiger partial charge in [0.15, 0.2) is 5.76 Å². The third-order valence-corrected chi connectivity index (χ3v) is 5.24. The van der Waals surface area contributed by atoms with Crippen LogP contribution < -0.4 is 9.47 Å². The monoisotopic (exact) mass is 376 g/mol. The first-order valence-corrected chi connectivity index (χ1v) is 9.30. The van der Waals surface area contributed by atoms with Gasteiger partial charge in [-0.15, -0.1) is 11.3 Å². The molecule has 0 spiro atoms. The van der Waals surface area contributed by atoms with Crippen LogP contribution in [-0.4, -0.2) is 11.8 Å². The molecule has 0 fully saturated rings. The maximum Gasteiger partial charge on any atom is 0.343 e. The van der Waals surface area contributed by atoms with E-state index in [1.807, 2.05) is 31.4 Å². The van der Waals surface area contributed by atoms with Crippen molar-refractivity contribution >= 4 is 29.2 Å². The molecular weight excluding hydrogens is 360 g/mol. The molecule has 0 saturated heterocycles. The van der Waals surface area contributed by atoms with Gasteiger partial charge in [-0.05, 0) is 55.1 Å². The zero-order chi connectivity index (χ0) is 19.0. The van der Waals surface area contributed by atoms with Crippen molar-refractivity contribution in [2.45, 2.75) is 13.8 Å². The second-order valence-corrected chi connectivity index (χ2v) is 7.27. The number of benzene rings is 2. The maximum atomic E-state index is 12.5. The van der Waals surface area contributed by atoms with Gasteiger partial charge in [0.25, 0.3) is 0 Å². The van der Waals surface area contributed by atoms with Gasteiger partial charge in [0.1, 0.15) is 11.5 Å². The summed E-state index contributed by atoms with van der Waals surface area (Å²) in [4.78, 5) is 25.8. The molecule has 1 aromatic heterocycles. The predicted octanol–water partition coefficient (Wildman–Crippen LogP) is 5.20. The Morgan fingerprint density at radius 3 is 2.70 bits per heavy atom. The van der Waals surface area contributed by atoms with Gasteiger partial charge in [0.2, 0.25) is 5.78 Å². The topological polar surface area (TPSA) is 52.6 Å². The lowest BCUT2D eigenvalue weighted by molar-refractivity contribution is 0.0734. The molecule has 5 heteroatoms. The van der Waals surface area contributed by atoms with Crippen LogP contribution in [0.3, 0.4) is 0 Å². The lowest BCUT2D eigenvalue weighted by atomic mass is 10.1. The van der Waals surface area contributed by atoms with Crippen LogP contribution in [0.15, 0.2) is 59.7 Å². The van der Waals surface area contributed by atoms with E-state index in [1.54, 1.807) is 53.8 Å². The summed E-state index contributed by atoms with van der Waals surface area (Å²) in [7, 11) is 0. The van der Waals surface area contributed by atoms with E-state index in [4.69, 9.17) is 9.47 Å². The highest BCUT2D eigenvalue weighted by Crippen LogP contribution is 2.35. The molecule has 0 atom stereocenters. The van der Waals surface area contributed by atoms with Gasteiger partial charge in [-0.25, -0.2) is 4.79 Å². The fraction of sp³-hybridized carbons (Fsp3) is 0.0909. The van der Waals surface area contributed by atoms with E-state index < -0.39 is 5.97 Å². The molecule has 0 amide bonds. The molecule has 0 aliphatic carbocycles. The molecule has 1 aliphatic heterocycles. The molecule has 27 heavy (non-hydrogen) atoms. The molecule has 0 radical (unpaired) electrons. The van der Waals surface area contributed by atoms with Crippen molar-refractivity contribution < 1.29 is 19.1 Å². The first-order chi connectivity index (χ1) is 13.0. The van der Waals surface area contributed by atoms with E-state index in [-0.39, 0.29) is 11.5 Å². The standard InChI is InChI=1S/C22H16O4S/c1-13-4-3-5-15(10-13)22(24)25-16-6-7-17-18(11-16)26-19(21(17)23)12-20-14(2)8-9-27-20/h3-12H,1-2H3/b19-12-. The number of aryl methyl sites for hydroxylation is 2. The minimum atomic E-state index is -0.451. The summed E-state index contributed by atoms with van der Waals surface area (Å²) in [5, 5.41) is 1.97. The van der Waals surface area contributed by atoms with Gasteiger partial charge in [0, 0.05) is 17.0 Å². The lowest BCUT2D eigenvalue weighted by Crippen LogP contribution is -2.08. The van der Waals surface area contributed by atoms with Crippen LogP contribution in [0.2, 0.25) is 0 Å². The van der Waals surface area contributed by atoms with Crippen molar-refractivity contribution in [1.82, 2.24) is 0 Å². The molecule has 1 aliphatic rings. The summed E-state index contributed by atoms with van der Waals surface area (Å²) in [6, 6.07) is 14.0. The SMILES string of the molecule is Cc1cccc(C(=O)Oc2ccc3c(c2)O/C(=C\c2sccc2C)C3=O)c1. The smallest absolute Gasteiger partial charge is 0.343 e. The Bertz CT molecular complexity index is 1090. The molecule has 4 rings (SSSR count). The van der Waals surface area contributed by atoms with E-state index in [0.717, 1.165) is 16.0 Å². The fourth-order valence-corrected chi connectivity index (χ4v) is 3.67. The van der Waals surface area contributed by atoms with Gasteiger partial charge >= 0.3 is 5.97 Å². The van der Waals surface area contributed by atoms with Crippen molar-refractivity contribution in [2.75, 3.05) is 0 Å². The first-order valence-electron chi connectivity index (χ1n) is 8.42. The zero-order valence-electron chi connectivity index (χ0n) is 14.8. The number of ether oxygens (including phenoxy) is 2. The summed E-state index contributed by atoms with van der Waals surface area (Å²) in [5.74, 6) is 0.386. The second-order valence-electron chi connectivity index (χ2n) is 6.32. The average molecular weight is 376 g/mol. The van der Waals surface area contributed by atoms with Crippen LogP contribution in [-0.2, 0) is 0 Å². The molecule has 4 nitrogen and oxygen atoms in total. The van der Waals surface area contributed by atoms with E-state index in [2.05, 4.69) is 0 Å². The van der Waals surface area contributed by atoms with Crippen molar-refractivity contribution in [3.05, 3.63) is 86.8 Å². The van der Waals surface area contributed by atoms with Crippen LogP contribution in [0, 0.1) is 13.8 Å². The van der Waals surface area contributed by atoms with Crippen LogP contribution in [0.4, 0.5) is 0 Å². The van der Waals surface area contributed by atoms with Gasteiger partial charge < -0.3 is 9.47 Å². The van der Waals surface area contributed by atoms with Gasteiger partial charge in [-0.2, -0.15) is 0 Å². The fourth-order valence-electron chi connectivity index (χ4n) is 2.82. The highest BCUT2D eigenvalue weighted by Gasteiger charge is 2.28.